The van der Waals surface area contributed by atoms with E-state index in [2.05, 4.69) is 60.6 Å². The number of rotatable bonds is 3. The number of hydrogen-bond donors (Lipinski definition) is 0. The first-order valence-electron chi connectivity index (χ1n) is 7.28. The van der Waals surface area contributed by atoms with E-state index in [0.717, 1.165) is 16.7 Å². The third-order valence-electron chi connectivity index (χ3n) is 3.71. The Balaban J connectivity index is 2.21. The molecule has 0 atom stereocenters. The average Bonchev–Trinajstić information content (AvgIpc) is 2.93. The van der Waals surface area contributed by atoms with Gasteiger partial charge in [0.15, 0.2) is 0 Å². The molecule has 106 valence electrons. The maximum Gasteiger partial charge on any atom is 0.113 e. The summed E-state index contributed by atoms with van der Waals surface area (Å²) in [6.45, 7) is 6.47. The monoisotopic (exact) mass is 277 g/mol. The number of hydrogen-bond acceptors (Lipinski definition) is 2. The van der Waals surface area contributed by atoms with Crippen molar-refractivity contribution in [1.29, 1.82) is 0 Å². The lowest BCUT2D eigenvalue weighted by Gasteiger charge is -2.15. The summed E-state index contributed by atoms with van der Waals surface area (Å²) in [4.78, 5) is 0. The molecule has 3 heteroatoms. The molecule has 0 amide bonds. The summed E-state index contributed by atoms with van der Waals surface area (Å²) in [5, 5.41) is 8.60. The van der Waals surface area contributed by atoms with Gasteiger partial charge in [-0.3, -0.25) is 0 Å². The van der Waals surface area contributed by atoms with Gasteiger partial charge in [-0.05, 0) is 30.5 Å². The Kier molecular flexibility index (Phi) is 3.57. The van der Waals surface area contributed by atoms with Crippen LogP contribution in [0.1, 0.15) is 37.8 Å². The fourth-order valence-corrected chi connectivity index (χ4v) is 2.67. The van der Waals surface area contributed by atoms with Crippen LogP contribution in [0.5, 0.6) is 0 Å². The number of aromatic nitrogens is 3. The van der Waals surface area contributed by atoms with Gasteiger partial charge in [0.05, 0.1) is 11.2 Å². The molecule has 1 aromatic heterocycles. The van der Waals surface area contributed by atoms with Gasteiger partial charge in [0.2, 0.25) is 0 Å². The Bertz CT molecular complexity index is 797. The van der Waals surface area contributed by atoms with Crippen molar-refractivity contribution in [2.24, 2.45) is 0 Å². The molecule has 0 aliphatic rings. The van der Waals surface area contributed by atoms with Gasteiger partial charge in [-0.1, -0.05) is 61.5 Å². The first-order chi connectivity index (χ1) is 10.2. The maximum atomic E-state index is 4.34. The predicted octanol–water partition coefficient (Wildman–Crippen LogP) is 4.46. The first kappa shape index (κ1) is 13.6. The molecular formula is C18H19N3. The third-order valence-corrected chi connectivity index (χ3v) is 3.71. The first-order valence-corrected chi connectivity index (χ1v) is 7.28. The molecule has 0 N–H and O–H groups in total. The highest BCUT2D eigenvalue weighted by Crippen LogP contribution is 2.28. The van der Waals surface area contributed by atoms with E-state index in [0.29, 0.717) is 5.92 Å². The molecule has 0 saturated heterocycles. The predicted molar refractivity (Wildman–Crippen MR) is 87.1 cm³/mol. The zero-order valence-electron chi connectivity index (χ0n) is 12.6. The molecule has 3 rings (SSSR count). The zero-order chi connectivity index (χ0) is 14.8. The van der Waals surface area contributed by atoms with Crippen LogP contribution in [0.3, 0.4) is 0 Å². The van der Waals surface area contributed by atoms with E-state index >= 15 is 0 Å². The second-order valence-electron chi connectivity index (χ2n) is 5.41. The minimum atomic E-state index is 0.464. The lowest BCUT2D eigenvalue weighted by atomic mass is 9.95. The molecule has 0 aliphatic heterocycles. The van der Waals surface area contributed by atoms with E-state index in [1.807, 2.05) is 29.8 Å². The topological polar surface area (TPSA) is 30.7 Å². The van der Waals surface area contributed by atoms with Crippen LogP contribution in [0.2, 0.25) is 0 Å². The highest BCUT2D eigenvalue weighted by Gasteiger charge is 2.14. The van der Waals surface area contributed by atoms with Crippen LogP contribution in [0, 0.1) is 0 Å². The maximum absolute atomic E-state index is 4.34. The van der Waals surface area contributed by atoms with Crippen molar-refractivity contribution >= 4 is 16.7 Å². The largest absolute Gasteiger partial charge is 0.213 e. The van der Waals surface area contributed by atoms with Crippen LogP contribution >= 0.6 is 0 Å². The number of fused-ring (bicyclic) bond motifs is 1. The Morgan fingerprint density at radius 3 is 2.52 bits per heavy atom. The average molecular weight is 277 g/mol. The summed E-state index contributed by atoms with van der Waals surface area (Å²) in [6.07, 6.45) is 2.10. The Hall–Kier alpha value is -2.42. The molecule has 2 aromatic carbocycles. The summed E-state index contributed by atoms with van der Waals surface area (Å²) in [5.74, 6) is 0.464. The van der Waals surface area contributed by atoms with Gasteiger partial charge < -0.3 is 0 Å². The van der Waals surface area contributed by atoms with Crippen molar-refractivity contribution < 1.29 is 0 Å². The van der Waals surface area contributed by atoms with E-state index in [1.54, 1.807) is 0 Å². The van der Waals surface area contributed by atoms with Crippen LogP contribution in [0.15, 0.2) is 54.6 Å². The Morgan fingerprint density at radius 1 is 1.05 bits per heavy atom. The molecule has 3 nitrogen and oxygen atoms in total. The molecule has 0 unspecified atom stereocenters. The van der Waals surface area contributed by atoms with E-state index in [4.69, 9.17) is 0 Å². The van der Waals surface area contributed by atoms with Crippen LogP contribution < -0.4 is 0 Å². The summed E-state index contributed by atoms with van der Waals surface area (Å²) in [6, 6.07) is 16.5. The standard InChI is InChI=1S/C18H19N3/c1-4-17(15-10-6-5-9-14(15)13(2)3)21-18-12-8-7-11-16(18)19-20-21/h4-13H,1-3H3/b17-4+. The van der Waals surface area contributed by atoms with Gasteiger partial charge in [0.25, 0.3) is 0 Å². The second kappa shape index (κ2) is 5.52. The van der Waals surface area contributed by atoms with Gasteiger partial charge in [0, 0.05) is 5.56 Å². The van der Waals surface area contributed by atoms with Gasteiger partial charge >= 0.3 is 0 Å². The van der Waals surface area contributed by atoms with E-state index in [9.17, 15) is 0 Å². The highest BCUT2D eigenvalue weighted by molar-refractivity contribution is 5.81. The molecular weight excluding hydrogens is 258 g/mol. The van der Waals surface area contributed by atoms with Gasteiger partial charge in [-0.25, -0.2) is 4.68 Å². The Morgan fingerprint density at radius 2 is 1.76 bits per heavy atom. The minimum absolute atomic E-state index is 0.464. The SMILES string of the molecule is C/C=C(\c1ccccc1C(C)C)n1nnc2ccccc21. The van der Waals surface area contributed by atoms with Gasteiger partial charge in [-0.15, -0.1) is 5.10 Å². The van der Waals surface area contributed by atoms with Crippen LogP contribution in [0.25, 0.3) is 16.7 Å². The molecule has 1 heterocycles. The molecule has 0 spiro atoms. The fourth-order valence-electron chi connectivity index (χ4n) is 2.67. The molecule has 0 saturated carbocycles. The van der Waals surface area contributed by atoms with Crippen molar-refractivity contribution in [3.63, 3.8) is 0 Å². The summed E-state index contributed by atoms with van der Waals surface area (Å²) in [7, 11) is 0. The highest BCUT2D eigenvalue weighted by atomic mass is 15.4. The zero-order valence-corrected chi connectivity index (χ0v) is 12.6. The lowest BCUT2D eigenvalue weighted by Crippen LogP contribution is -2.05. The van der Waals surface area contributed by atoms with Gasteiger partial charge in [-0.2, -0.15) is 0 Å². The minimum Gasteiger partial charge on any atom is -0.213 e. The van der Waals surface area contributed by atoms with Crippen molar-refractivity contribution in [1.82, 2.24) is 15.0 Å². The second-order valence-corrected chi connectivity index (χ2v) is 5.41. The Labute approximate surface area is 124 Å². The molecule has 0 aliphatic carbocycles. The molecule has 0 radical (unpaired) electrons. The number of benzene rings is 2. The van der Waals surface area contributed by atoms with E-state index in [-0.39, 0.29) is 0 Å². The number of allylic oxidation sites excluding steroid dienone is 1. The van der Waals surface area contributed by atoms with Crippen LogP contribution in [0.4, 0.5) is 0 Å². The molecule has 21 heavy (non-hydrogen) atoms. The molecule has 0 bridgehead atoms. The van der Waals surface area contributed by atoms with Crippen LogP contribution in [-0.2, 0) is 0 Å². The normalized spacial score (nSPS) is 12.3. The fraction of sp³-hybridized carbons (Fsp3) is 0.222. The van der Waals surface area contributed by atoms with Crippen molar-refractivity contribution in [2.75, 3.05) is 0 Å². The van der Waals surface area contributed by atoms with Crippen molar-refractivity contribution in [3.05, 3.63) is 65.7 Å². The quantitative estimate of drug-likeness (QED) is 0.707. The van der Waals surface area contributed by atoms with Gasteiger partial charge in [0.1, 0.15) is 5.52 Å². The van der Waals surface area contributed by atoms with E-state index < -0.39 is 0 Å². The summed E-state index contributed by atoms with van der Waals surface area (Å²) < 4.78 is 1.93. The van der Waals surface area contributed by atoms with Crippen molar-refractivity contribution in [3.8, 4) is 0 Å². The molecule has 0 fully saturated rings. The number of para-hydroxylation sites is 1. The van der Waals surface area contributed by atoms with Crippen molar-refractivity contribution in [2.45, 2.75) is 26.7 Å². The van der Waals surface area contributed by atoms with E-state index in [1.165, 1.54) is 11.1 Å². The molecule has 3 aromatic rings. The lowest BCUT2D eigenvalue weighted by molar-refractivity contribution is 0.824. The van der Waals surface area contributed by atoms with Crippen LogP contribution in [-0.4, -0.2) is 15.0 Å². The summed E-state index contributed by atoms with van der Waals surface area (Å²) >= 11 is 0. The third kappa shape index (κ3) is 2.35. The smallest absolute Gasteiger partial charge is 0.113 e. The number of nitrogens with zero attached hydrogens (tertiary/aromatic N) is 3. The summed E-state index contributed by atoms with van der Waals surface area (Å²) in [5.41, 5.74) is 5.56.